The van der Waals surface area contributed by atoms with E-state index < -0.39 is 0 Å². The van der Waals surface area contributed by atoms with E-state index in [1.165, 1.54) is 12.0 Å². The van der Waals surface area contributed by atoms with Gasteiger partial charge in [-0.15, -0.1) is 0 Å². The molecule has 0 amide bonds. The normalized spacial score (nSPS) is 18.5. The van der Waals surface area contributed by atoms with Crippen molar-refractivity contribution in [2.24, 2.45) is 5.92 Å². The van der Waals surface area contributed by atoms with Gasteiger partial charge in [-0.05, 0) is 65.5 Å². The molecule has 2 aromatic rings. The van der Waals surface area contributed by atoms with E-state index in [1.807, 2.05) is 37.5 Å². The van der Waals surface area contributed by atoms with E-state index in [0.717, 1.165) is 42.2 Å². The zero-order chi connectivity index (χ0) is 15.4. The summed E-state index contributed by atoms with van der Waals surface area (Å²) in [4.78, 5) is 11.2. The van der Waals surface area contributed by atoms with Gasteiger partial charge < -0.3 is 5.32 Å². The fraction of sp³-hybridized carbons (Fsp3) is 0.412. The molecule has 1 saturated heterocycles. The first-order valence-electron chi connectivity index (χ1n) is 7.68. The number of nitrogens with zero attached hydrogens (tertiary/aromatic N) is 3. The van der Waals surface area contributed by atoms with E-state index in [9.17, 15) is 0 Å². The number of nitrogens with one attached hydrogen (secondary N) is 1. The second-order valence-electron chi connectivity index (χ2n) is 5.95. The predicted octanol–water partition coefficient (Wildman–Crippen LogP) is 3.48. The Morgan fingerprint density at radius 3 is 3.09 bits per heavy atom. The summed E-state index contributed by atoms with van der Waals surface area (Å²) in [6.45, 7) is 6.27. The lowest BCUT2D eigenvalue weighted by Crippen LogP contribution is -2.23. The number of likely N-dealkylation sites (tertiary alicyclic amines) is 1. The lowest BCUT2D eigenvalue weighted by atomic mass is 10.1. The lowest BCUT2D eigenvalue weighted by molar-refractivity contribution is 0.318. The summed E-state index contributed by atoms with van der Waals surface area (Å²) in [5, 5.41) is 3.46. The zero-order valence-electron chi connectivity index (χ0n) is 12.8. The Morgan fingerprint density at radius 1 is 1.36 bits per heavy atom. The highest BCUT2D eigenvalue weighted by atomic mass is 79.9. The van der Waals surface area contributed by atoms with E-state index >= 15 is 0 Å². The van der Waals surface area contributed by atoms with Crippen LogP contribution in [0.25, 0.3) is 0 Å². The van der Waals surface area contributed by atoms with Gasteiger partial charge in [0, 0.05) is 42.2 Å². The van der Waals surface area contributed by atoms with Crippen molar-refractivity contribution in [3.63, 3.8) is 0 Å². The van der Waals surface area contributed by atoms with Gasteiger partial charge in [-0.2, -0.15) is 0 Å². The summed E-state index contributed by atoms with van der Waals surface area (Å²) in [6, 6.07) is 8.25. The Kier molecular flexibility index (Phi) is 5.05. The first-order valence-corrected chi connectivity index (χ1v) is 8.47. The molecule has 1 aliphatic rings. The minimum atomic E-state index is 0.683. The fourth-order valence-corrected chi connectivity index (χ4v) is 3.33. The molecule has 0 saturated carbocycles. The van der Waals surface area contributed by atoms with Crippen LogP contribution in [0.3, 0.4) is 0 Å². The molecular weight excluding hydrogens is 340 g/mol. The van der Waals surface area contributed by atoms with Crippen molar-refractivity contribution in [2.75, 3.05) is 25.0 Å². The van der Waals surface area contributed by atoms with Crippen LogP contribution in [0.4, 0.5) is 5.82 Å². The molecule has 0 aliphatic carbocycles. The molecule has 5 heteroatoms. The van der Waals surface area contributed by atoms with Crippen LogP contribution in [0.1, 0.15) is 17.7 Å². The monoisotopic (exact) mass is 360 g/mol. The Balaban J connectivity index is 1.48. The third kappa shape index (κ3) is 4.27. The highest BCUT2D eigenvalue weighted by Gasteiger charge is 2.22. The average molecular weight is 361 g/mol. The van der Waals surface area contributed by atoms with Crippen molar-refractivity contribution in [1.29, 1.82) is 0 Å². The predicted molar refractivity (Wildman–Crippen MR) is 92.8 cm³/mol. The van der Waals surface area contributed by atoms with Crippen molar-refractivity contribution >= 4 is 21.7 Å². The molecule has 3 rings (SSSR count). The molecule has 0 aromatic carbocycles. The summed E-state index contributed by atoms with van der Waals surface area (Å²) < 4.78 is 1.05. The summed E-state index contributed by atoms with van der Waals surface area (Å²) in [5.74, 6) is 1.66. The Morgan fingerprint density at radius 2 is 2.27 bits per heavy atom. The molecule has 1 fully saturated rings. The van der Waals surface area contributed by atoms with Gasteiger partial charge >= 0.3 is 0 Å². The fourth-order valence-electron chi connectivity index (χ4n) is 2.91. The molecule has 0 radical (unpaired) electrons. The molecule has 1 aliphatic heterocycles. The van der Waals surface area contributed by atoms with E-state index in [0.29, 0.717) is 5.92 Å². The smallest absolute Gasteiger partial charge is 0.126 e. The van der Waals surface area contributed by atoms with E-state index in [1.54, 1.807) is 0 Å². The van der Waals surface area contributed by atoms with Crippen LogP contribution in [0.2, 0.25) is 0 Å². The molecular formula is C17H21BrN4. The Hall–Kier alpha value is -1.46. The first kappa shape index (κ1) is 15.4. The van der Waals surface area contributed by atoms with Gasteiger partial charge in [0.05, 0.1) is 0 Å². The molecule has 1 N–H and O–H groups in total. The number of rotatable bonds is 5. The van der Waals surface area contributed by atoms with Crippen molar-refractivity contribution in [2.45, 2.75) is 19.9 Å². The van der Waals surface area contributed by atoms with Gasteiger partial charge in [-0.25, -0.2) is 4.98 Å². The third-order valence-corrected chi connectivity index (χ3v) is 4.43. The van der Waals surface area contributed by atoms with Gasteiger partial charge in [0.2, 0.25) is 0 Å². The Labute approximate surface area is 140 Å². The molecule has 4 nitrogen and oxygen atoms in total. The molecule has 116 valence electrons. The topological polar surface area (TPSA) is 41.0 Å². The highest BCUT2D eigenvalue weighted by molar-refractivity contribution is 9.10. The lowest BCUT2D eigenvalue weighted by Gasteiger charge is -2.16. The average Bonchev–Trinajstić information content (AvgIpc) is 2.93. The molecule has 1 atom stereocenters. The minimum Gasteiger partial charge on any atom is -0.370 e. The van der Waals surface area contributed by atoms with Crippen molar-refractivity contribution in [3.05, 3.63) is 52.4 Å². The highest BCUT2D eigenvalue weighted by Crippen LogP contribution is 2.20. The van der Waals surface area contributed by atoms with Crippen molar-refractivity contribution < 1.29 is 0 Å². The van der Waals surface area contributed by atoms with Crippen LogP contribution < -0.4 is 5.32 Å². The molecule has 0 spiro atoms. The number of aryl methyl sites for hydroxylation is 1. The Bertz CT molecular complexity index is 632. The third-order valence-electron chi connectivity index (χ3n) is 4.00. The molecule has 1 unspecified atom stereocenters. The van der Waals surface area contributed by atoms with Crippen LogP contribution in [0.5, 0.6) is 0 Å². The van der Waals surface area contributed by atoms with Crippen molar-refractivity contribution in [3.8, 4) is 0 Å². The van der Waals surface area contributed by atoms with Gasteiger partial charge in [0.1, 0.15) is 5.82 Å². The van der Waals surface area contributed by atoms with Crippen molar-refractivity contribution in [1.82, 2.24) is 14.9 Å². The van der Waals surface area contributed by atoms with Crippen LogP contribution in [-0.4, -0.2) is 34.5 Å². The second kappa shape index (κ2) is 7.20. The van der Waals surface area contributed by atoms with Crippen LogP contribution >= 0.6 is 15.9 Å². The van der Waals surface area contributed by atoms with E-state index in [2.05, 4.69) is 42.2 Å². The number of halogens is 1. The number of aromatic nitrogens is 2. The number of hydrogen-bond donors (Lipinski definition) is 1. The molecule has 0 bridgehead atoms. The van der Waals surface area contributed by atoms with Crippen LogP contribution in [-0.2, 0) is 6.54 Å². The molecule has 2 aromatic heterocycles. The van der Waals surface area contributed by atoms with Gasteiger partial charge in [-0.3, -0.25) is 9.88 Å². The maximum Gasteiger partial charge on any atom is 0.126 e. The summed E-state index contributed by atoms with van der Waals surface area (Å²) in [5.41, 5.74) is 2.32. The second-order valence-corrected chi connectivity index (χ2v) is 6.86. The quantitative estimate of drug-likeness (QED) is 0.885. The van der Waals surface area contributed by atoms with Gasteiger partial charge in [0.15, 0.2) is 0 Å². The summed E-state index contributed by atoms with van der Waals surface area (Å²) in [6.07, 6.45) is 5.02. The van der Waals surface area contributed by atoms with Gasteiger partial charge in [-0.1, -0.05) is 6.07 Å². The van der Waals surface area contributed by atoms with Crippen LogP contribution in [0, 0.1) is 12.8 Å². The van der Waals surface area contributed by atoms with E-state index in [-0.39, 0.29) is 0 Å². The maximum absolute atomic E-state index is 4.49. The number of anilines is 1. The maximum atomic E-state index is 4.49. The standard InChI is InChI=1S/C17H21BrN4/c1-13-3-2-4-17(21-13)20-9-14-5-6-22(11-14)12-15-7-16(18)10-19-8-15/h2-4,7-8,10,14H,5-6,9,11-12H2,1H3,(H,20,21). The number of pyridine rings is 2. The summed E-state index contributed by atoms with van der Waals surface area (Å²) in [7, 11) is 0. The largest absolute Gasteiger partial charge is 0.370 e. The SMILES string of the molecule is Cc1cccc(NCC2CCN(Cc3cncc(Br)c3)C2)n1. The zero-order valence-corrected chi connectivity index (χ0v) is 14.4. The molecule has 22 heavy (non-hydrogen) atoms. The van der Waals surface area contributed by atoms with E-state index in [4.69, 9.17) is 0 Å². The minimum absolute atomic E-state index is 0.683. The molecule has 3 heterocycles. The van der Waals surface area contributed by atoms with Crippen LogP contribution in [0.15, 0.2) is 41.1 Å². The number of hydrogen-bond acceptors (Lipinski definition) is 4. The summed E-state index contributed by atoms with van der Waals surface area (Å²) >= 11 is 3.48. The van der Waals surface area contributed by atoms with Gasteiger partial charge in [0.25, 0.3) is 0 Å². The first-order chi connectivity index (χ1) is 10.7.